The third-order valence-corrected chi connectivity index (χ3v) is 11.0. The van der Waals surface area contributed by atoms with Gasteiger partial charge in [0.25, 0.3) is 5.91 Å². The molecule has 46 heavy (non-hydrogen) atoms. The molecule has 0 spiro atoms. The second kappa shape index (κ2) is 14.5. The van der Waals surface area contributed by atoms with E-state index in [1.807, 2.05) is 44.2 Å². The molecule has 5 rings (SSSR count). The van der Waals surface area contributed by atoms with Crippen LogP contribution in [0.3, 0.4) is 0 Å². The SMILES string of the molecule is CC(C)C[C@H](NC(=O)c1cc2ccccc2s1)C(=O)N1CCN(C(=O)[C@@H](NS(=O)(=O)c2ccc(Cl)cc2Cl)c2ccccc2)CC1. The Hall–Kier alpha value is -3.48. The van der Waals surface area contributed by atoms with Gasteiger partial charge in [0.1, 0.15) is 17.0 Å². The predicted molar refractivity (Wildman–Crippen MR) is 182 cm³/mol. The van der Waals surface area contributed by atoms with Gasteiger partial charge in [0.05, 0.1) is 9.90 Å². The highest BCUT2D eigenvalue weighted by Crippen LogP contribution is 2.28. The van der Waals surface area contributed by atoms with Gasteiger partial charge in [-0.25, -0.2) is 8.42 Å². The van der Waals surface area contributed by atoms with E-state index in [1.54, 1.807) is 40.1 Å². The average Bonchev–Trinajstić information content (AvgIpc) is 3.48. The fraction of sp³-hybridized carbons (Fsp3) is 0.303. The van der Waals surface area contributed by atoms with Crippen molar-refractivity contribution >= 4 is 72.4 Å². The van der Waals surface area contributed by atoms with E-state index >= 15 is 0 Å². The number of sulfonamides is 1. The van der Waals surface area contributed by atoms with Gasteiger partial charge in [-0.15, -0.1) is 11.3 Å². The lowest BCUT2D eigenvalue weighted by molar-refractivity contribution is -0.141. The van der Waals surface area contributed by atoms with Crippen LogP contribution in [0, 0.1) is 5.92 Å². The molecule has 0 radical (unpaired) electrons. The van der Waals surface area contributed by atoms with Gasteiger partial charge in [-0.3, -0.25) is 14.4 Å². The number of nitrogens with zero attached hydrogens (tertiary/aromatic N) is 2. The molecule has 0 saturated carbocycles. The molecule has 1 saturated heterocycles. The van der Waals surface area contributed by atoms with E-state index in [1.165, 1.54) is 29.5 Å². The molecule has 9 nitrogen and oxygen atoms in total. The average molecular weight is 702 g/mol. The number of amides is 3. The number of halogens is 2. The number of hydrogen-bond donors (Lipinski definition) is 2. The number of piperazine rings is 1. The summed E-state index contributed by atoms with van der Waals surface area (Å²) >= 11 is 13.5. The lowest BCUT2D eigenvalue weighted by Gasteiger charge is -2.38. The van der Waals surface area contributed by atoms with Crippen LogP contribution in [0.4, 0.5) is 0 Å². The van der Waals surface area contributed by atoms with Gasteiger partial charge in [-0.1, -0.05) is 85.6 Å². The fourth-order valence-corrected chi connectivity index (χ4v) is 8.30. The summed E-state index contributed by atoms with van der Waals surface area (Å²) in [5.41, 5.74) is 0.459. The Morgan fingerprint density at radius 2 is 1.48 bits per heavy atom. The highest BCUT2D eigenvalue weighted by atomic mass is 35.5. The topological polar surface area (TPSA) is 116 Å². The molecule has 0 bridgehead atoms. The number of nitrogens with one attached hydrogen (secondary N) is 2. The van der Waals surface area contributed by atoms with Crippen molar-refractivity contribution in [2.45, 2.75) is 37.2 Å². The minimum absolute atomic E-state index is 0.0678. The van der Waals surface area contributed by atoms with Crippen molar-refractivity contribution in [1.82, 2.24) is 19.8 Å². The number of carbonyl (C=O) groups is 3. The summed E-state index contributed by atoms with van der Waals surface area (Å²) in [5.74, 6) is -0.821. The van der Waals surface area contributed by atoms with Gasteiger partial charge in [0, 0.05) is 35.9 Å². The van der Waals surface area contributed by atoms with Crippen molar-refractivity contribution in [2.24, 2.45) is 5.92 Å². The number of thiophene rings is 1. The summed E-state index contributed by atoms with van der Waals surface area (Å²) in [6.45, 7) is 4.82. The van der Waals surface area contributed by atoms with Gasteiger partial charge < -0.3 is 15.1 Å². The summed E-state index contributed by atoms with van der Waals surface area (Å²) in [6.07, 6.45) is 0.458. The Labute approximate surface area is 282 Å². The first kappa shape index (κ1) is 33.9. The Kier molecular flexibility index (Phi) is 10.7. The van der Waals surface area contributed by atoms with Crippen LogP contribution in [0.5, 0.6) is 0 Å². The maximum atomic E-state index is 13.9. The summed E-state index contributed by atoms with van der Waals surface area (Å²) in [5, 5.41) is 4.13. The van der Waals surface area contributed by atoms with Crippen molar-refractivity contribution in [3.05, 3.63) is 99.3 Å². The van der Waals surface area contributed by atoms with Gasteiger partial charge >= 0.3 is 0 Å². The first-order chi connectivity index (χ1) is 21.9. The van der Waals surface area contributed by atoms with E-state index in [0.29, 0.717) is 16.9 Å². The molecule has 2 atom stereocenters. The van der Waals surface area contributed by atoms with Crippen LogP contribution >= 0.6 is 34.5 Å². The number of carbonyl (C=O) groups excluding carboxylic acids is 3. The fourth-order valence-electron chi connectivity index (χ4n) is 5.38. The Bertz CT molecular complexity index is 1810. The smallest absolute Gasteiger partial charge is 0.262 e. The third kappa shape index (κ3) is 7.90. The second-order valence-electron chi connectivity index (χ2n) is 11.5. The number of rotatable bonds is 10. The molecular weight excluding hydrogens is 667 g/mol. The van der Waals surface area contributed by atoms with Crippen molar-refractivity contribution in [2.75, 3.05) is 26.2 Å². The van der Waals surface area contributed by atoms with Crippen molar-refractivity contribution in [3.8, 4) is 0 Å². The first-order valence-electron chi connectivity index (χ1n) is 14.8. The Morgan fingerprint density at radius 1 is 0.848 bits per heavy atom. The van der Waals surface area contributed by atoms with E-state index in [0.717, 1.165) is 10.1 Å². The molecular formula is C33H34Cl2N4O5S2. The van der Waals surface area contributed by atoms with Gasteiger partial charge in [0.2, 0.25) is 21.8 Å². The minimum Gasteiger partial charge on any atom is -0.340 e. The summed E-state index contributed by atoms with van der Waals surface area (Å²) in [7, 11) is -4.22. The maximum absolute atomic E-state index is 13.9. The minimum atomic E-state index is -4.22. The molecule has 242 valence electrons. The number of hydrogen-bond acceptors (Lipinski definition) is 6. The predicted octanol–water partition coefficient (Wildman–Crippen LogP) is 5.74. The molecule has 13 heteroatoms. The zero-order valence-electron chi connectivity index (χ0n) is 25.3. The standard InChI is InChI=1S/C33H34Cl2N4O5S2/c1-21(2)18-26(36-31(40)28-19-23-10-6-7-11-27(23)45-28)32(41)38-14-16-39(17-15-38)33(42)30(22-8-4-3-5-9-22)37-46(43,44)29-13-12-24(34)20-25(29)35/h3-13,19-21,26,30,37H,14-18H2,1-2H3,(H,36,40)/t26-,30-/m0/s1. The quantitative estimate of drug-likeness (QED) is 0.219. The largest absolute Gasteiger partial charge is 0.340 e. The highest BCUT2D eigenvalue weighted by molar-refractivity contribution is 7.89. The van der Waals surface area contributed by atoms with Gasteiger partial charge in [0.15, 0.2) is 0 Å². The van der Waals surface area contributed by atoms with Crippen molar-refractivity contribution in [3.63, 3.8) is 0 Å². The summed E-state index contributed by atoms with van der Waals surface area (Å²) in [6, 6.07) is 20.2. The van der Waals surface area contributed by atoms with E-state index in [4.69, 9.17) is 23.2 Å². The summed E-state index contributed by atoms with van der Waals surface area (Å²) < 4.78 is 30.3. The molecule has 2 heterocycles. The van der Waals surface area contributed by atoms with Crippen LogP contribution in [0.15, 0.2) is 83.8 Å². The highest BCUT2D eigenvalue weighted by Gasteiger charge is 2.35. The molecule has 1 aliphatic heterocycles. The number of benzene rings is 3. The van der Waals surface area contributed by atoms with Crippen LogP contribution in [0.2, 0.25) is 10.0 Å². The normalized spacial score (nSPS) is 15.2. The van der Waals surface area contributed by atoms with Crippen LogP contribution in [-0.2, 0) is 19.6 Å². The summed E-state index contributed by atoms with van der Waals surface area (Å²) in [4.78, 5) is 44.3. The molecule has 1 aromatic heterocycles. The van der Waals surface area contributed by atoms with Crippen LogP contribution in [-0.4, -0.2) is 68.2 Å². The maximum Gasteiger partial charge on any atom is 0.262 e. The van der Waals surface area contributed by atoms with E-state index in [9.17, 15) is 22.8 Å². The van der Waals surface area contributed by atoms with E-state index < -0.39 is 28.0 Å². The number of fused-ring (bicyclic) bond motifs is 1. The molecule has 1 fully saturated rings. The van der Waals surface area contributed by atoms with Crippen LogP contribution in [0.1, 0.15) is 41.5 Å². The van der Waals surface area contributed by atoms with Crippen LogP contribution in [0.25, 0.3) is 10.1 Å². The molecule has 4 aromatic rings. The molecule has 3 amide bonds. The van der Waals surface area contributed by atoms with Crippen LogP contribution < -0.4 is 10.0 Å². The lowest BCUT2D eigenvalue weighted by atomic mass is 10.0. The molecule has 1 aliphatic rings. The molecule has 0 aliphatic carbocycles. The lowest BCUT2D eigenvalue weighted by Crippen LogP contribution is -2.57. The van der Waals surface area contributed by atoms with Crippen molar-refractivity contribution in [1.29, 1.82) is 0 Å². The second-order valence-corrected chi connectivity index (χ2v) is 15.1. The molecule has 2 N–H and O–H groups in total. The van der Waals surface area contributed by atoms with Crippen molar-refractivity contribution < 1.29 is 22.8 Å². The van der Waals surface area contributed by atoms with E-state index in [2.05, 4.69) is 10.0 Å². The zero-order chi connectivity index (χ0) is 33.0. The first-order valence-corrected chi connectivity index (χ1v) is 17.9. The van der Waals surface area contributed by atoms with Gasteiger partial charge in [-0.2, -0.15) is 4.72 Å². The van der Waals surface area contributed by atoms with E-state index in [-0.39, 0.29) is 58.9 Å². The molecule has 3 aromatic carbocycles. The molecule has 0 unspecified atom stereocenters. The van der Waals surface area contributed by atoms with Gasteiger partial charge in [-0.05, 0) is 53.6 Å². The monoisotopic (exact) mass is 700 g/mol. The Morgan fingerprint density at radius 3 is 2.11 bits per heavy atom. The zero-order valence-corrected chi connectivity index (χ0v) is 28.4. The Balaban J connectivity index is 1.28. The third-order valence-electron chi connectivity index (χ3n) is 7.70.